The van der Waals surface area contributed by atoms with E-state index >= 15 is 0 Å². The molecule has 0 fully saturated rings. The van der Waals surface area contributed by atoms with E-state index in [-0.39, 0.29) is 12.8 Å². The van der Waals surface area contributed by atoms with Crippen molar-refractivity contribution in [2.45, 2.75) is 161 Å². The normalized spacial score (nSPS) is 14.7. The predicted molar refractivity (Wildman–Crippen MR) is 219 cm³/mol. The number of carbonyl (C=O) groups is 2. The molecule has 0 bridgehead atoms. The summed E-state index contributed by atoms with van der Waals surface area (Å²) in [6.45, 7) is 1.96. The summed E-state index contributed by atoms with van der Waals surface area (Å²) in [6.07, 6.45) is 43.2. The molecule has 0 saturated heterocycles. The molecule has 0 aliphatic carbocycles. The lowest BCUT2D eigenvalue weighted by molar-refractivity contribution is -0.153. The molecular weight excluding hydrogens is 707 g/mol. The summed E-state index contributed by atoms with van der Waals surface area (Å²) in [4.78, 5) is 34.4. The van der Waals surface area contributed by atoms with E-state index in [4.69, 9.17) is 18.5 Å². The second kappa shape index (κ2) is 38.7. The van der Waals surface area contributed by atoms with Gasteiger partial charge in [0.1, 0.15) is 12.2 Å². The van der Waals surface area contributed by atoms with Crippen LogP contribution in [0.2, 0.25) is 0 Å². The van der Waals surface area contributed by atoms with Crippen molar-refractivity contribution in [3.63, 3.8) is 0 Å². The average Bonchev–Trinajstić information content (AvgIpc) is 3.16. The molecule has 0 radical (unpaired) electrons. The number of hydrogen-bond acceptors (Lipinski definition) is 9. The van der Waals surface area contributed by atoms with Crippen LogP contribution in [0.4, 0.5) is 0 Å². The highest BCUT2D eigenvalue weighted by atomic mass is 31.2. The number of rotatable bonds is 37. The van der Waals surface area contributed by atoms with E-state index in [9.17, 15) is 29.3 Å². The smallest absolute Gasteiger partial charge is 0.457 e. The SMILES string of the molecule is CC/C=C\C/C=C\C/C=C\C/C=C\CCC(=O)OC(CO)COP(=O)(O)OCC(CO)OC(=O)CCCCCCCCC/C=C\C/C=C\CCCCCC. The van der Waals surface area contributed by atoms with Crippen molar-refractivity contribution in [3.05, 3.63) is 72.9 Å². The largest absolute Gasteiger partial charge is 0.472 e. The summed E-state index contributed by atoms with van der Waals surface area (Å²) in [5.41, 5.74) is 0. The van der Waals surface area contributed by atoms with Crippen LogP contribution in [0.3, 0.4) is 0 Å². The lowest BCUT2D eigenvalue weighted by atomic mass is 10.1. The molecule has 0 aliphatic heterocycles. The van der Waals surface area contributed by atoms with Crippen molar-refractivity contribution in [1.82, 2.24) is 0 Å². The Morgan fingerprint density at radius 3 is 1.37 bits per heavy atom. The van der Waals surface area contributed by atoms with Crippen LogP contribution in [-0.4, -0.2) is 65.7 Å². The first-order valence-corrected chi connectivity index (χ1v) is 21.9. The molecule has 0 spiro atoms. The van der Waals surface area contributed by atoms with Gasteiger partial charge in [-0.25, -0.2) is 4.57 Å². The Hall–Kier alpha value is -2.59. The van der Waals surface area contributed by atoms with Crippen molar-refractivity contribution in [3.8, 4) is 0 Å². The number of carbonyl (C=O) groups excluding carboxylic acids is 2. The van der Waals surface area contributed by atoms with Gasteiger partial charge in [-0.3, -0.25) is 18.6 Å². The maximum Gasteiger partial charge on any atom is 0.472 e. The summed E-state index contributed by atoms with van der Waals surface area (Å²) >= 11 is 0. The molecular formula is C43H73O10P. The molecule has 0 aliphatic rings. The highest BCUT2D eigenvalue weighted by Gasteiger charge is 2.27. The fourth-order valence-electron chi connectivity index (χ4n) is 5.04. The molecule has 310 valence electrons. The van der Waals surface area contributed by atoms with Gasteiger partial charge in [-0.05, 0) is 70.6 Å². The molecule has 0 saturated carbocycles. The minimum absolute atomic E-state index is 0.0670. The quantitative estimate of drug-likeness (QED) is 0.0241. The number of ether oxygens (including phenoxy) is 2. The van der Waals surface area contributed by atoms with Crippen LogP contribution in [0.1, 0.15) is 149 Å². The molecule has 3 unspecified atom stereocenters. The van der Waals surface area contributed by atoms with Crippen LogP contribution in [-0.2, 0) is 32.7 Å². The lowest BCUT2D eigenvalue weighted by Gasteiger charge is -2.20. The van der Waals surface area contributed by atoms with Crippen molar-refractivity contribution in [2.75, 3.05) is 26.4 Å². The van der Waals surface area contributed by atoms with Gasteiger partial charge < -0.3 is 24.6 Å². The zero-order valence-electron chi connectivity index (χ0n) is 33.4. The van der Waals surface area contributed by atoms with E-state index in [0.717, 1.165) is 64.2 Å². The van der Waals surface area contributed by atoms with E-state index < -0.39 is 58.4 Å². The minimum Gasteiger partial charge on any atom is -0.457 e. The van der Waals surface area contributed by atoms with E-state index in [2.05, 4.69) is 68.5 Å². The first-order valence-electron chi connectivity index (χ1n) is 20.4. The van der Waals surface area contributed by atoms with Crippen LogP contribution < -0.4 is 0 Å². The monoisotopic (exact) mass is 780 g/mol. The minimum atomic E-state index is -4.66. The zero-order valence-corrected chi connectivity index (χ0v) is 34.3. The number of hydrogen-bond donors (Lipinski definition) is 3. The second-order valence-corrected chi connectivity index (χ2v) is 14.7. The summed E-state index contributed by atoms with van der Waals surface area (Å²) in [5, 5.41) is 19.1. The third-order valence-electron chi connectivity index (χ3n) is 8.17. The van der Waals surface area contributed by atoms with Gasteiger partial charge in [0.2, 0.25) is 0 Å². The highest BCUT2D eigenvalue weighted by Crippen LogP contribution is 2.43. The van der Waals surface area contributed by atoms with Crippen LogP contribution >= 0.6 is 7.82 Å². The van der Waals surface area contributed by atoms with Gasteiger partial charge in [-0.1, -0.05) is 138 Å². The standard InChI is InChI=1S/C43H73O10P/c1-3-5-7-9-11-13-15-17-18-19-20-21-23-25-27-29-31-33-35-43(47)53-41(37-45)39-51-54(48,49)50-38-40(36-44)52-42(46)34-32-30-28-26-24-22-16-14-12-10-8-6-4-2/h6,8,12-15,18-19,22,24,28,30,40-41,44-45H,3-5,7,9-11,16-17,20-21,23,25-27,29,31-39H2,1-2H3,(H,48,49)/b8-6-,14-12-,15-13-,19-18-,24-22-,30-28-. The average molecular weight is 781 g/mol. The van der Waals surface area contributed by atoms with Gasteiger partial charge >= 0.3 is 19.8 Å². The third kappa shape index (κ3) is 36.4. The van der Waals surface area contributed by atoms with Crippen molar-refractivity contribution >= 4 is 19.8 Å². The predicted octanol–water partition coefficient (Wildman–Crippen LogP) is 10.5. The molecule has 0 aromatic heterocycles. The van der Waals surface area contributed by atoms with Crippen molar-refractivity contribution < 1.29 is 47.8 Å². The summed E-state index contributed by atoms with van der Waals surface area (Å²) in [6, 6.07) is 0. The first-order chi connectivity index (χ1) is 26.3. The van der Waals surface area contributed by atoms with Gasteiger partial charge in [0, 0.05) is 12.8 Å². The topological polar surface area (TPSA) is 149 Å². The Morgan fingerprint density at radius 2 is 0.907 bits per heavy atom. The molecule has 11 heteroatoms. The fraction of sp³-hybridized carbons (Fsp3) is 0.674. The van der Waals surface area contributed by atoms with E-state index in [0.29, 0.717) is 12.8 Å². The number of unbranched alkanes of at least 4 members (excludes halogenated alkanes) is 11. The maximum absolute atomic E-state index is 12.3. The van der Waals surface area contributed by atoms with Gasteiger partial charge in [-0.2, -0.15) is 0 Å². The molecule has 0 amide bonds. The Balaban J connectivity index is 4.03. The number of phosphoric ester groups is 1. The lowest BCUT2D eigenvalue weighted by Crippen LogP contribution is -2.28. The molecule has 0 aromatic carbocycles. The number of phosphoric acid groups is 1. The molecule has 3 N–H and O–H groups in total. The maximum atomic E-state index is 12.3. The van der Waals surface area contributed by atoms with Crippen LogP contribution in [0.25, 0.3) is 0 Å². The summed E-state index contributed by atoms with van der Waals surface area (Å²) in [7, 11) is -4.66. The number of aliphatic hydroxyl groups excluding tert-OH is 2. The van der Waals surface area contributed by atoms with Gasteiger partial charge in [0.05, 0.1) is 26.4 Å². The van der Waals surface area contributed by atoms with E-state index in [1.807, 2.05) is 18.2 Å². The van der Waals surface area contributed by atoms with E-state index in [1.54, 1.807) is 0 Å². The number of esters is 2. The van der Waals surface area contributed by atoms with Gasteiger partial charge in [0.25, 0.3) is 0 Å². The van der Waals surface area contributed by atoms with Crippen LogP contribution in [0, 0.1) is 0 Å². The molecule has 0 heterocycles. The van der Waals surface area contributed by atoms with Crippen LogP contribution in [0.15, 0.2) is 72.9 Å². The Kier molecular flexibility index (Phi) is 36.8. The van der Waals surface area contributed by atoms with E-state index in [1.165, 1.54) is 44.9 Å². The van der Waals surface area contributed by atoms with Gasteiger partial charge in [0.15, 0.2) is 0 Å². The van der Waals surface area contributed by atoms with Crippen LogP contribution in [0.5, 0.6) is 0 Å². The molecule has 0 aromatic rings. The Labute approximate surface area is 327 Å². The first kappa shape index (κ1) is 51.4. The molecule has 10 nitrogen and oxygen atoms in total. The van der Waals surface area contributed by atoms with Crippen molar-refractivity contribution in [1.29, 1.82) is 0 Å². The summed E-state index contributed by atoms with van der Waals surface area (Å²) in [5.74, 6) is -1.12. The summed E-state index contributed by atoms with van der Waals surface area (Å²) < 4.78 is 32.4. The molecule has 0 rings (SSSR count). The highest BCUT2D eigenvalue weighted by molar-refractivity contribution is 7.47. The second-order valence-electron chi connectivity index (χ2n) is 13.2. The molecule has 54 heavy (non-hydrogen) atoms. The zero-order chi connectivity index (χ0) is 39.8. The Bertz CT molecular complexity index is 1130. The molecule has 3 atom stereocenters. The van der Waals surface area contributed by atoms with Crippen molar-refractivity contribution in [2.24, 2.45) is 0 Å². The third-order valence-corrected chi connectivity index (χ3v) is 9.12. The number of aliphatic hydroxyl groups is 2. The Morgan fingerprint density at radius 1 is 0.519 bits per heavy atom. The van der Waals surface area contributed by atoms with Gasteiger partial charge in [-0.15, -0.1) is 0 Å². The number of allylic oxidation sites excluding steroid dienone is 12. The fourth-order valence-corrected chi connectivity index (χ4v) is 5.82.